The van der Waals surface area contributed by atoms with Crippen LogP contribution in [0.5, 0.6) is 0 Å². The summed E-state index contributed by atoms with van der Waals surface area (Å²) in [5.41, 5.74) is 5.28. The van der Waals surface area contributed by atoms with Gasteiger partial charge in [-0.25, -0.2) is 4.39 Å². The van der Waals surface area contributed by atoms with Gasteiger partial charge in [0.05, 0.1) is 0 Å². The summed E-state index contributed by atoms with van der Waals surface area (Å²) in [4.78, 5) is 11.8. The van der Waals surface area contributed by atoms with Gasteiger partial charge >= 0.3 is 0 Å². The number of fused-ring (bicyclic) bond motifs is 1. The fourth-order valence-corrected chi connectivity index (χ4v) is 1.67. The molecule has 0 amide bonds. The summed E-state index contributed by atoms with van der Waals surface area (Å²) in [6, 6.07) is 6.13. The molecule has 1 aromatic heterocycles. The Labute approximate surface area is 98.4 Å². The molecule has 2 rings (SSSR count). The van der Waals surface area contributed by atoms with Gasteiger partial charge in [-0.15, -0.1) is 0 Å². The number of carbonyl (C=O) groups is 1. The van der Waals surface area contributed by atoms with Crippen LogP contribution in [0, 0.1) is 5.82 Å². The van der Waals surface area contributed by atoms with Gasteiger partial charge < -0.3 is 10.2 Å². The van der Waals surface area contributed by atoms with Gasteiger partial charge in [0, 0.05) is 17.3 Å². The molecule has 17 heavy (non-hydrogen) atoms. The van der Waals surface area contributed by atoms with E-state index >= 15 is 0 Å². The lowest BCUT2D eigenvalue weighted by atomic mass is 9.98. The molecule has 4 heteroatoms. The van der Waals surface area contributed by atoms with E-state index in [0.717, 1.165) is 0 Å². The van der Waals surface area contributed by atoms with Crippen LogP contribution in [0.1, 0.15) is 30.8 Å². The molecule has 0 atom stereocenters. The predicted octanol–water partition coefficient (Wildman–Crippen LogP) is 2.88. The van der Waals surface area contributed by atoms with Crippen molar-refractivity contribution >= 4 is 16.8 Å². The first-order valence-electron chi connectivity index (χ1n) is 5.37. The van der Waals surface area contributed by atoms with Gasteiger partial charge in [0.1, 0.15) is 0 Å². The standard InChI is InChI=1S/C13H14FNO2/c1-13(2,15)7-10(16)11-6-8-4-3-5-9(14)12(8)17-11/h3-6H,7,15H2,1-2H3. The Morgan fingerprint density at radius 3 is 2.76 bits per heavy atom. The number of nitrogens with two attached hydrogens (primary N) is 1. The van der Waals surface area contributed by atoms with Gasteiger partial charge in [0.2, 0.25) is 0 Å². The second kappa shape index (κ2) is 3.96. The molecule has 3 nitrogen and oxygen atoms in total. The van der Waals surface area contributed by atoms with E-state index in [9.17, 15) is 9.18 Å². The van der Waals surface area contributed by atoms with Crippen molar-refractivity contribution in [2.45, 2.75) is 25.8 Å². The maximum absolute atomic E-state index is 13.4. The number of furan rings is 1. The van der Waals surface area contributed by atoms with E-state index in [-0.39, 0.29) is 23.5 Å². The topological polar surface area (TPSA) is 56.2 Å². The Morgan fingerprint density at radius 2 is 2.18 bits per heavy atom. The van der Waals surface area contributed by atoms with Gasteiger partial charge in [-0.2, -0.15) is 0 Å². The van der Waals surface area contributed by atoms with Crippen molar-refractivity contribution in [2.75, 3.05) is 0 Å². The Kier molecular flexibility index (Phi) is 2.75. The van der Waals surface area contributed by atoms with Crippen LogP contribution in [0.15, 0.2) is 28.7 Å². The van der Waals surface area contributed by atoms with E-state index in [2.05, 4.69) is 0 Å². The summed E-state index contributed by atoms with van der Waals surface area (Å²) in [5.74, 6) is -0.523. The van der Waals surface area contributed by atoms with E-state index in [4.69, 9.17) is 10.2 Å². The van der Waals surface area contributed by atoms with Gasteiger partial charge in [0.15, 0.2) is 22.9 Å². The molecular formula is C13H14FNO2. The fourth-order valence-electron chi connectivity index (χ4n) is 1.67. The maximum Gasteiger partial charge on any atom is 0.199 e. The molecule has 1 heterocycles. The highest BCUT2D eigenvalue weighted by atomic mass is 19.1. The number of benzene rings is 1. The van der Waals surface area contributed by atoms with E-state index in [0.29, 0.717) is 5.39 Å². The summed E-state index contributed by atoms with van der Waals surface area (Å²) in [7, 11) is 0. The summed E-state index contributed by atoms with van der Waals surface area (Å²) in [5, 5.41) is 0.586. The zero-order valence-corrected chi connectivity index (χ0v) is 9.79. The molecule has 0 bridgehead atoms. The molecule has 2 aromatic rings. The highest BCUT2D eigenvalue weighted by Crippen LogP contribution is 2.23. The zero-order chi connectivity index (χ0) is 12.6. The smallest absolute Gasteiger partial charge is 0.199 e. The first-order valence-corrected chi connectivity index (χ1v) is 5.37. The second-order valence-corrected chi connectivity index (χ2v) is 4.86. The third-order valence-corrected chi connectivity index (χ3v) is 2.39. The largest absolute Gasteiger partial charge is 0.450 e. The average molecular weight is 235 g/mol. The normalized spacial score (nSPS) is 12.0. The Hall–Kier alpha value is -1.68. The monoisotopic (exact) mass is 235 g/mol. The molecule has 0 unspecified atom stereocenters. The van der Waals surface area contributed by atoms with Crippen LogP contribution in [0.3, 0.4) is 0 Å². The predicted molar refractivity (Wildman–Crippen MR) is 63.4 cm³/mol. The summed E-state index contributed by atoms with van der Waals surface area (Å²) in [6.07, 6.45) is 0.161. The molecule has 0 aliphatic carbocycles. The lowest BCUT2D eigenvalue weighted by molar-refractivity contribution is 0.0935. The maximum atomic E-state index is 13.4. The molecular weight excluding hydrogens is 221 g/mol. The molecule has 0 aliphatic rings. The summed E-state index contributed by atoms with van der Waals surface area (Å²) >= 11 is 0. The molecule has 0 aliphatic heterocycles. The van der Waals surface area contributed by atoms with E-state index in [1.165, 1.54) is 6.07 Å². The first kappa shape index (κ1) is 11.8. The highest BCUT2D eigenvalue weighted by Gasteiger charge is 2.21. The average Bonchev–Trinajstić information content (AvgIpc) is 2.60. The number of hydrogen-bond acceptors (Lipinski definition) is 3. The third-order valence-electron chi connectivity index (χ3n) is 2.39. The van der Waals surface area contributed by atoms with E-state index in [1.54, 1.807) is 32.0 Å². The Bertz CT molecular complexity index is 566. The minimum Gasteiger partial charge on any atom is -0.450 e. The lowest BCUT2D eigenvalue weighted by Gasteiger charge is -2.15. The van der Waals surface area contributed by atoms with Gasteiger partial charge in [-0.05, 0) is 26.0 Å². The second-order valence-electron chi connectivity index (χ2n) is 4.86. The van der Waals surface area contributed by atoms with Crippen molar-refractivity contribution in [1.82, 2.24) is 0 Å². The first-order chi connectivity index (χ1) is 7.87. The minimum atomic E-state index is -0.603. The highest BCUT2D eigenvalue weighted by molar-refractivity contribution is 5.98. The van der Waals surface area contributed by atoms with Crippen LogP contribution in [0.25, 0.3) is 11.0 Å². The number of para-hydroxylation sites is 1. The molecule has 0 saturated heterocycles. The summed E-state index contributed by atoms with van der Waals surface area (Å²) < 4.78 is 18.6. The number of Topliss-reactive ketones (excluding diaryl/α,β-unsaturated/α-hetero) is 1. The minimum absolute atomic E-state index is 0.116. The van der Waals surface area contributed by atoms with Crippen LogP contribution in [-0.2, 0) is 0 Å². The molecule has 0 saturated carbocycles. The van der Waals surface area contributed by atoms with Crippen molar-refractivity contribution in [1.29, 1.82) is 0 Å². The van der Waals surface area contributed by atoms with E-state index < -0.39 is 11.4 Å². The van der Waals surface area contributed by atoms with Crippen molar-refractivity contribution in [3.05, 3.63) is 35.8 Å². The Balaban J connectivity index is 2.37. The van der Waals surface area contributed by atoms with Gasteiger partial charge in [0.25, 0.3) is 0 Å². The van der Waals surface area contributed by atoms with Crippen LogP contribution in [-0.4, -0.2) is 11.3 Å². The van der Waals surface area contributed by atoms with Gasteiger partial charge in [-0.1, -0.05) is 12.1 Å². The Morgan fingerprint density at radius 1 is 1.47 bits per heavy atom. The van der Waals surface area contributed by atoms with Crippen LogP contribution < -0.4 is 5.73 Å². The van der Waals surface area contributed by atoms with Crippen LogP contribution in [0.2, 0.25) is 0 Å². The third kappa shape index (κ3) is 2.53. The van der Waals surface area contributed by atoms with E-state index in [1.807, 2.05) is 0 Å². The van der Waals surface area contributed by atoms with Crippen molar-refractivity contribution in [3.8, 4) is 0 Å². The van der Waals surface area contributed by atoms with Crippen LogP contribution >= 0.6 is 0 Å². The molecule has 2 N–H and O–H groups in total. The molecule has 0 spiro atoms. The van der Waals surface area contributed by atoms with Crippen molar-refractivity contribution in [3.63, 3.8) is 0 Å². The fraction of sp³-hybridized carbons (Fsp3) is 0.308. The number of carbonyl (C=O) groups excluding carboxylic acids is 1. The molecule has 90 valence electrons. The van der Waals surface area contributed by atoms with Crippen molar-refractivity contribution < 1.29 is 13.6 Å². The number of ketones is 1. The number of halogens is 1. The number of hydrogen-bond donors (Lipinski definition) is 1. The molecule has 0 radical (unpaired) electrons. The molecule has 0 fully saturated rings. The molecule has 1 aromatic carbocycles. The summed E-state index contributed by atoms with van der Waals surface area (Å²) in [6.45, 7) is 3.52. The number of rotatable bonds is 3. The quantitative estimate of drug-likeness (QED) is 0.832. The zero-order valence-electron chi connectivity index (χ0n) is 9.79. The van der Waals surface area contributed by atoms with Gasteiger partial charge in [-0.3, -0.25) is 4.79 Å². The van der Waals surface area contributed by atoms with Crippen LogP contribution in [0.4, 0.5) is 4.39 Å². The van der Waals surface area contributed by atoms with Crippen molar-refractivity contribution in [2.24, 2.45) is 5.73 Å². The SMILES string of the molecule is CC(C)(N)CC(=O)c1cc2cccc(F)c2o1. The lowest BCUT2D eigenvalue weighted by Crippen LogP contribution is -2.34.